The molecule has 0 saturated carbocycles. The number of hydrogen-bond donors (Lipinski definition) is 0. The Morgan fingerprint density at radius 3 is 2.60 bits per heavy atom. The zero-order chi connectivity index (χ0) is 21.3. The molecule has 0 atom stereocenters. The molecular weight excluding hydrogens is 400 g/mol. The van der Waals surface area contributed by atoms with Gasteiger partial charge in [0, 0.05) is 43.5 Å². The van der Waals surface area contributed by atoms with Crippen molar-refractivity contribution in [2.45, 2.75) is 33.5 Å². The molecule has 0 aliphatic carbocycles. The minimum Gasteiger partial charge on any atom is -0.336 e. The van der Waals surface area contributed by atoms with Crippen molar-refractivity contribution in [3.05, 3.63) is 65.2 Å². The fourth-order valence-electron chi connectivity index (χ4n) is 3.38. The van der Waals surface area contributed by atoms with E-state index >= 15 is 0 Å². The van der Waals surface area contributed by atoms with E-state index in [0.717, 1.165) is 35.2 Å². The molecule has 0 fully saturated rings. The first-order chi connectivity index (χ1) is 14.5. The summed E-state index contributed by atoms with van der Waals surface area (Å²) in [7, 11) is 1.76. The maximum atomic E-state index is 13.4. The zero-order valence-corrected chi connectivity index (χ0v) is 18.0. The minimum atomic E-state index is -0.111. The molecule has 8 heteroatoms. The lowest BCUT2D eigenvalue weighted by Gasteiger charge is -2.18. The number of carbonyl (C=O) groups is 1. The molecule has 1 aromatic carbocycles. The van der Waals surface area contributed by atoms with Crippen LogP contribution in [0.1, 0.15) is 29.9 Å². The van der Waals surface area contributed by atoms with Gasteiger partial charge in [0.15, 0.2) is 0 Å². The third kappa shape index (κ3) is 3.80. The number of hydrogen-bond acceptors (Lipinski definition) is 4. The molecule has 30 heavy (non-hydrogen) atoms. The highest BCUT2D eigenvalue weighted by Crippen LogP contribution is 2.26. The van der Waals surface area contributed by atoms with Crippen molar-refractivity contribution in [2.75, 3.05) is 7.05 Å². The van der Waals surface area contributed by atoms with Gasteiger partial charge in [-0.1, -0.05) is 29.8 Å². The number of fused-ring (bicyclic) bond motifs is 1. The summed E-state index contributed by atoms with van der Waals surface area (Å²) >= 11 is 6.29. The van der Waals surface area contributed by atoms with Crippen molar-refractivity contribution >= 4 is 28.4 Å². The molecule has 3 aromatic heterocycles. The van der Waals surface area contributed by atoms with E-state index in [2.05, 4.69) is 10.2 Å². The van der Waals surface area contributed by atoms with Crippen molar-refractivity contribution < 1.29 is 4.79 Å². The Labute approximate surface area is 179 Å². The average molecular weight is 423 g/mol. The van der Waals surface area contributed by atoms with Gasteiger partial charge in [-0.15, -0.1) is 0 Å². The maximum absolute atomic E-state index is 13.4. The van der Waals surface area contributed by atoms with Crippen LogP contribution in [-0.2, 0) is 19.6 Å². The molecule has 7 nitrogen and oxygen atoms in total. The fraction of sp³-hybridized carbons (Fsp3) is 0.273. The average Bonchev–Trinajstić information content (AvgIpc) is 3.39. The van der Waals surface area contributed by atoms with Gasteiger partial charge in [0.25, 0.3) is 5.91 Å². The summed E-state index contributed by atoms with van der Waals surface area (Å²) in [4.78, 5) is 19.8. The number of carbonyl (C=O) groups excluding carboxylic acids is 1. The smallest absolute Gasteiger partial charge is 0.254 e. The first-order valence-electron chi connectivity index (χ1n) is 9.90. The normalized spacial score (nSPS) is 11.2. The van der Waals surface area contributed by atoms with E-state index in [1.54, 1.807) is 29.0 Å². The number of halogens is 1. The van der Waals surface area contributed by atoms with E-state index in [9.17, 15) is 4.79 Å². The van der Waals surface area contributed by atoms with E-state index < -0.39 is 0 Å². The summed E-state index contributed by atoms with van der Waals surface area (Å²) < 4.78 is 3.60. The van der Waals surface area contributed by atoms with Gasteiger partial charge in [0.05, 0.1) is 34.5 Å². The third-order valence-electron chi connectivity index (χ3n) is 5.04. The lowest BCUT2D eigenvalue weighted by atomic mass is 10.0. The molecule has 0 bridgehead atoms. The number of nitrogens with zero attached hydrogens (tertiary/aromatic N) is 6. The first kappa shape index (κ1) is 20.1. The van der Waals surface area contributed by atoms with E-state index in [4.69, 9.17) is 16.6 Å². The predicted molar refractivity (Wildman–Crippen MR) is 117 cm³/mol. The summed E-state index contributed by atoms with van der Waals surface area (Å²) in [5.41, 5.74) is 3.64. The van der Waals surface area contributed by atoms with Gasteiger partial charge in [0.2, 0.25) is 0 Å². The monoisotopic (exact) mass is 422 g/mol. The van der Waals surface area contributed by atoms with Crippen LogP contribution in [-0.4, -0.2) is 42.4 Å². The second-order valence-electron chi connectivity index (χ2n) is 7.10. The van der Waals surface area contributed by atoms with Crippen LogP contribution in [0, 0.1) is 0 Å². The minimum absolute atomic E-state index is 0.111. The van der Waals surface area contributed by atoms with Gasteiger partial charge >= 0.3 is 0 Å². The molecule has 0 spiro atoms. The summed E-state index contributed by atoms with van der Waals surface area (Å²) in [6.45, 7) is 5.84. The van der Waals surface area contributed by atoms with E-state index in [-0.39, 0.29) is 5.91 Å². The Bertz CT molecular complexity index is 1210. The van der Waals surface area contributed by atoms with Gasteiger partial charge in [0.1, 0.15) is 5.69 Å². The van der Waals surface area contributed by atoms with Crippen LogP contribution in [0.25, 0.3) is 22.2 Å². The van der Waals surface area contributed by atoms with Gasteiger partial charge in [-0.25, -0.2) is 4.98 Å². The lowest BCUT2D eigenvalue weighted by molar-refractivity contribution is 0.0785. The maximum Gasteiger partial charge on any atom is 0.254 e. The first-order valence-corrected chi connectivity index (χ1v) is 10.3. The Hall–Kier alpha value is -3.19. The second-order valence-corrected chi connectivity index (χ2v) is 7.50. The molecule has 0 saturated heterocycles. The molecule has 3 heterocycles. The van der Waals surface area contributed by atoms with Gasteiger partial charge in [-0.3, -0.25) is 14.2 Å². The molecule has 154 valence electrons. The highest BCUT2D eigenvalue weighted by Gasteiger charge is 2.20. The third-order valence-corrected chi connectivity index (χ3v) is 5.36. The van der Waals surface area contributed by atoms with Crippen LogP contribution in [0.5, 0.6) is 0 Å². The number of aromatic nitrogens is 5. The van der Waals surface area contributed by atoms with Crippen LogP contribution in [0.4, 0.5) is 0 Å². The summed E-state index contributed by atoms with van der Waals surface area (Å²) in [5, 5.41) is 10.2. The molecule has 1 amide bonds. The van der Waals surface area contributed by atoms with Crippen LogP contribution in [0.2, 0.25) is 5.02 Å². The Kier molecular flexibility index (Phi) is 5.55. The van der Waals surface area contributed by atoms with Crippen LogP contribution >= 0.6 is 11.6 Å². The number of benzene rings is 1. The van der Waals surface area contributed by atoms with E-state index in [0.29, 0.717) is 22.8 Å². The lowest BCUT2D eigenvalue weighted by Crippen LogP contribution is -2.27. The number of amides is 1. The molecule has 0 N–H and O–H groups in total. The van der Waals surface area contributed by atoms with Crippen molar-refractivity contribution in [3.63, 3.8) is 0 Å². The number of pyridine rings is 1. The van der Waals surface area contributed by atoms with Crippen molar-refractivity contribution in [1.29, 1.82) is 0 Å². The summed E-state index contributed by atoms with van der Waals surface area (Å²) in [6, 6.07) is 9.50. The molecule has 4 aromatic rings. The van der Waals surface area contributed by atoms with Crippen LogP contribution < -0.4 is 0 Å². The highest BCUT2D eigenvalue weighted by molar-refractivity contribution is 6.31. The topological polar surface area (TPSA) is 68.8 Å². The fourth-order valence-corrected chi connectivity index (χ4v) is 3.59. The Morgan fingerprint density at radius 1 is 1.13 bits per heavy atom. The van der Waals surface area contributed by atoms with Gasteiger partial charge in [-0.05, 0) is 26.0 Å². The van der Waals surface area contributed by atoms with Gasteiger partial charge < -0.3 is 4.90 Å². The van der Waals surface area contributed by atoms with Crippen molar-refractivity contribution in [1.82, 2.24) is 29.4 Å². The zero-order valence-electron chi connectivity index (χ0n) is 17.2. The van der Waals surface area contributed by atoms with Crippen LogP contribution in [0.3, 0.4) is 0 Å². The Balaban J connectivity index is 1.72. The second kappa shape index (κ2) is 8.28. The molecule has 0 unspecified atom stereocenters. The van der Waals surface area contributed by atoms with E-state index in [1.807, 2.05) is 55.1 Å². The Morgan fingerprint density at radius 2 is 1.90 bits per heavy atom. The van der Waals surface area contributed by atoms with Crippen LogP contribution in [0.15, 0.2) is 48.9 Å². The number of rotatable bonds is 6. The largest absolute Gasteiger partial charge is 0.336 e. The summed E-state index contributed by atoms with van der Waals surface area (Å²) in [5.74, 6) is -0.111. The quantitative estimate of drug-likeness (QED) is 0.465. The summed E-state index contributed by atoms with van der Waals surface area (Å²) in [6.07, 6.45) is 5.49. The van der Waals surface area contributed by atoms with Crippen molar-refractivity contribution in [2.24, 2.45) is 0 Å². The standard InChI is InChI=1S/C22H23ClN6O/c1-4-28-12-15(11-24-28)20-10-17(16-8-6-7-9-19(16)25-20)22(30)27(3)14-21-18(23)13-29(5-2)26-21/h6-13H,4-5,14H2,1-3H3. The number of aryl methyl sites for hydroxylation is 2. The molecule has 0 aliphatic heterocycles. The highest BCUT2D eigenvalue weighted by atomic mass is 35.5. The van der Waals surface area contributed by atoms with Crippen molar-refractivity contribution in [3.8, 4) is 11.3 Å². The molecule has 0 radical (unpaired) electrons. The molecule has 4 rings (SSSR count). The van der Waals surface area contributed by atoms with Gasteiger partial charge in [-0.2, -0.15) is 10.2 Å². The number of para-hydroxylation sites is 1. The van der Waals surface area contributed by atoms with E-state index in [1.165, 1.54) is 0 Å². The molecule has 0 aliphatic rings. The molecular formula is C22H23ClN6O. The SMILES string of the molecule is CCn1cc(-c2cc(C(=O)N(C)Cc3nn(CC)cc3Cl)c3ccccc3n2)cn1. The predicted octanol–water partition coefficient (Wildman–Crippen LogP) is 4.26.